The van der Waals surface area contributed by atoms with E-state index in [1.54, 1.807) is 4.57 Å². The highest BCUT2D eigenvalue weighted by atomic mass is 16.6. The van der Waals surface area contributed by atoms with Crippen molar-refractivity contribution in [3.63, 3.8) is 0 Å². The molecule has 11 nitrogen and oxygen atoms in total. The van der Waals surface area contributed by atoms with E-state index in [-0.39, 0.29) is 24.1 Å². The van der Waals surface area contributed by atoms with Gasteiger partial charge in [0.1, 0.15) is 36.8 Å². The fraction of sp³-hybridized carbons (Fsp3) is 0.357. The molecule has 39 heavy (non-hydrogen) atoms. The molecular weight excluding hydrogens is 500 g/mol. The number of imidazole rings is 1. The molecule has 1 saturated heterocycles. The summed E-state index contributed by atoms with van der Waals surface area (Å²) >= 11 is 0. The Morgan fingerprint density at radius 3 is 2.49 bits per heavy atom. The molecule has 0 spiro atoms. The molecule has 2 aromatic heterocycles. The van der Waals surface area contributed by atoms with Crippen molar-refractivity contribution in [1.29, 1.82) is 0 Å². The Morgan fingerprint density at radius 2 is 1.74 bits per heavy atom. The number of aliphatic hydroxyl groups excluding tert-OH is 2. The van der Waals surface area contributed by atoms with Gasteiger partial charge < -0.3 is 30.7 Å². The number of hydrogen-bond acceptors (Lipinski definition) is 10. The monoisotopic (exact) mass is 530 g/mol. The Balaban J connectivity index is 0.963. The number of carbonyl (C=O) groups excluding carboxylic acids is 1. The molecule has 202 valence electrons. The van der Waals surface area contributed by atoms with E-state index in [1.165, 1.54) is 34.9 Å². The van der Waals surface area contributed by atoms with Crippen molar-refractivity contribution in [2.75, 3.05) is 25.4 Å². The zero-order chi connectivity index (χ0) is 26.9. The number of carbonyl (C=O) groups is 1. The molecule has 4 aromatic rings. The molecule has 0 saturated carbocycles. The van der Waals surface area contributed by atoms with Crippen LogP contribution in [-0.2, 0) is 14.3 Å². The first kappa shape index (κ1) is 25.4. The lowest BCUT2D eigenvalue weighted by atomic mass is 9.98. The number of nitrogens with one attached hydrogen (secondary N) is 1. The van der Waals surface area contributed by atoms with E-state index >= 15 is 0 Å². The molecule has 0 unspecified atom stereocenters. The van der Waals surface area contributed by atoms with Gasteiger partial charge in [-0.05, 0) is 35.2 Å². The Kier molecular flexibility index (Phi) is 6.96. The molecule has 6 rings (SSSR count). The molecule has 5 N–H and O–H groups in total. The third kappa shape index (κ3) is 4.74. The summed E-state index contributed by atoms with van der Waals surface area (Å²) < 4.78 is 13.1. The van der Waals surface area contributed by atoms with Crippen molar-refractivity contribution in [1.82, 2.24) is 24.8 Å². The maximum atomic E-state index is 12.5. The molecule has 11 heteroatoms. The molecule has 0 bridgehead atoms. The van der Waals surface area contributed by atoms with Gasteiger partial charge in [-0.25, -0.2) is 15.0 Å². The summed E-state index contributed by atoms with van der Waals surface area (Å²) in [6, 6.07) is 16.5. The van der Waals surface area contributed by atoms with Crippen LogP contribution < -0.4 is 11.1 Å². The van der Waals surface area contributed by atoms with E-state index in [1.807, 2.05) is 24.3 Å². The molecule has 2 aromatic carbocycles. The second-order valence-corrected chi connectivity index (χ2v) is 9.85. The fourth-order valence-electron chi connectivity index (χ4n) is 5.47. The molecule has 3 heterocycles. The Labute approximate surface area is 224 Å². The van der Waals surface area contributed by atoms with Crippen LogP contribution in [0.4, 0.5) is 5.82 Å². The lowest BCUT2D eigenvalue weighted by molar-refractivity contribution is -0.144. The summed E-state index contributed by atoms with van der Waals surface area (Å²) in [5.41, 5.74) is 11.4. The number of ether oxygens (including phenoxy) is 2. The van der Waals surface area contributed by atoms with Crippen molar-refractivity contribution in [3.05, 3.63) is 72.3 Å². The second kappa shape index (κ2) is 10.7. The van der Waals surface area contributed by atoms with E-state index in [0.717, 1.165) is 0 Å². The highest BCUT2D eigenvalue weighted by molar-refractivity contribution is 5.81. The first-order valence-electron chi connectivity index (χ1n) is 13.0. The first-order chi connectivity index (χ1) is 19.0. The largest absolute Gasteiger partial charge is 0.465 e. The number of nitrogen functional groups attached to an aromatic ring is 1. The van der Waals surface area contributed by atoms with Gasteiger partial charge >= 0.3 is 5.97 Å². The van der Waals surface area contributed by atoms with Crippen molar-refractivity contribution in [2.24, 2.45) is 0 Å². The Morgan fingerprint density at radius 1 is 1.03 bits per heavy atom. The minimum absolute atomic E-state index is 0.0374. The van der Waals surface area contributed by atoms with E-state index in [4.69, 9.17) is 15.2 Å². The fourth-order valence-corrected chi connectivity index (χ4v) is 5.47. The predicted octanol–water partition coefficient (Wildman–Crippen LogP) is 1.75. The Hall–Kier alpha value is -3.90. The zero-order valence-electron chi connectivity index (χ0n) is 21.2. The van der Waals surface area contributed by atoms with Gasteiger partial charge in [0.25, 0.3) is 0 Å². The molecule has 2 aliphatic rings. The lowest BCUT2D eigenvalue weighted by Crippen LogP contribution is -2.38. The van der Waals surface area contributed by atoms with Crippen LogP contribution in [0.5, 0.6) is 0 Å². The standard InChI is InChI=1S/C28H30N6O5/c29-26-23-27(32-14-31-26)34(15-33-23)28-25(37)24(36)21(39-28)12-30-11-5-10-22(35)38-13-20-18-8-3-1-6-16(18)17-7-2-4-9-19(17)20/h1-4,6-9,14-15,20-21,24-25,28,30,36-37H,5,10-13H2,(H2,29,31,32)/t21-,24-,25-,28-/m1/s1. The highest BCUT2D eigenvalue weighted by Crippen LogP contribution is 2.44. The number of nitrogens with two attached hydrogens (primary N) is 1. The summed E-state index contributed by atoms with van der Waals surface area (Å²) in [5, 5.41) is 24.3. The normalized spacial score (nSPS) is 22.2. The van der Waals surface area contributed by atoms with Crippen molar-refractivity contribution >= 4 is 23.0 Å². The number of anilines is 1. The van der Waals surface area contributed by atoms with Crippen LogP contribution in [0, 0.1) is 0 Å². The number of benzene rings is 2. The van der Waals surface area contributed by atoms with E-state index in [9.17, 15) is 15.0 Å². The van der Waals surface area contributed by atoms with E-state index in [0.29, 0.717) is 37.3 Å². The predicted molar refractivity (Wildman–Crippen MR) is 142 cm³/mol. The van der Waals surface area contributed by atoms with Crippen LogP contribution in [0.15, 0.2) is 61.2 Å². The van der Waals surface area contributed by atoms with Crippen LogP contribution in [0.1, 0.15) is 36.1 Å². The van der Waals surface area contributed by atoms with Crippen LogP contribution in [0.2, 0.25) is 0 Å². The highest BCUT2D eigenvalue weighted by Gasteiger charge is 2.44. The average molecular weight is 531 g/mol. The average Bonchev–Trinajstić information content (AvgIpc) is 3.61. The number of nitrogens with zero attached hydrogens (tertiary/aromatic N) is 4. The summed E-state index contributed by atoms with van der Waals surface area (Å²) in [6.07, 6.45) is -0.210. The number of esters is 1. The summed E-state index contributed by atoms with van der Waals surface area (Å²) in [5.74, 6) is 0.0105. The van der Waals surface area contributed by atoms with Crippen LogP contribution in [-0.4, -0.2) is 73.7 Å². The zero-order valence-corrected chi connectivity index (χ0v) is 21.2. The smallest absolute Gasteiger partial charge is 0.305 e. The molecule has 1 aliphatic carbocycles. The van der Waals surface area contributed by atoms with Gasteiger partial charge in [0, 0.05) is 18.9 Å². The van der Waals surface area contributed by atoms with Gasteiger partial charge in [0.15, 0.2) is 17.7 Å². The van der Waals surface area contributed by atoms with Gasteiger partial charge in [-0.1, -0.05) is 48.5 Å². The third-order valence-electron chi connectivity index (χ3n) is 7.45. The second-order valence-electron chi connectivity index (χ2n) is 9.85. The Bertz CT molecular complexity index is 1450. The minimum Gasteiger partial charge on any atom is -0.465 e. The summed E-state index contributed by atoms with van der Waals surface area (Å²) in [4.78, 5) is 24.7. The lowest BCUT2D eigenvalue weighted by Gasteiger charge is -2.16. The van der Waals surface area contributed by atoms with Crippen molar-refractivity contribution < 1.29 is 24.5 Å². The summed E-state index contributed by atoms with van der Waals surface area (Å²) in [6.45, 7) is 1.12. The third-order valence-corrected chi connectivity index (χ3v) is 7.45. The summed E-state index contributed by atoms with van der Waals surface area (Å²) in [7, 11) is 0. The van der Waals surface area contributed by atoms with Gasteiger partial charge in [0.2, 0.25) is 0 Å². The topological polar surface area (TPSA) is 158 Å². The number of rotatable bonds is 9. The molecule has 1 fully saturated rings. The van der Waals surface area contributed by atoms with Crippen molar-refractivity contribution in [2.45, 2.75) is 43.3 Å². The van der Waals surface area contributed by atoms with Gasteiger partial charge in [-0.15, -0.1) is 0 Å². The van der Waals surface area contributed by atoms with Gasteiger partial charge in [0.05, 0.1) is 6.33 Å². The maximum absolute atomic E-state index is 12.5. The van der Waals surface area contributed by atoms with E-state index < -0.39 is 24.5 Å². The van der Waals surface area contributed by atoms with Gasteiger partial charge in [-0.3, -0.25) is 9.36 Å². The number of fused-ring (bicyclic) bond motifs is 4. The molecule has 0 radical (unpaired) electrons. The van der Waals surface area contributed by atoms with Crippen LogP contribution in [0.3, 0.4) is 0 Å². The van der Waals surface area contributed by atoms with E-state index in [2.05, 4.69) is 44.5 Å². The van der Waals surface area contributed by atoms with Crippen LogP contribution >= 0.6 is 0 Å². The quantitative estimate of drug-likeness (QED) is 0.186. The SMILES string of the molecule is Nc1ncnc2c1ncn2[C@@H]1O[C@H](CNCCCC(=O)OCC2c3ccccc3-c3ccccc32)[C@@H](O)[C@H]1O. The first-order valence-corrected chi connectivity index (χ1v) is 13.0. The number of hydrogen-bond donors (Lipinski definition) is 4. The number of aliphatic hydroxyl groups is 2. The molecule has 1 aliphatic heterocycles. The van der Waals surface area contributed by atoms with Gasteiger partial charge in [-0.2, -0.15) is 0 Å². The van der Waals surface area contributed by atoms with Crippen molar-refractivity contribution in [3.8, 4) is 11.1 Å². The maximum Gasteiger partial charge on any atom is 0.305 e. The van der Waals surface area contributed by atoms with Crippen LogP contribution in [0.25, 0.3) is 22.3 Å². The minimum atomic E-state index is -1.17. The molecular formula is C28H30N6O5. The molecule has 0 amide bonds. The number of aromatic nitrogens is 4. The molecule has 4 atom stereocenters.